The zero-order valence-corrected chi connectivity index (χ0v) is 21.1. The van der Waals surface area contributed by atoms with Gasteiger partial charge in [-0.1, -0.05) is 25.5 Å². The van der Waals surface area contributed by atoms with Crippen molar-refractivity contribution in [1.82, 2.24) is 0 Å². The number of rotatable bonds is 8. The van der Waals surface area contributed by atoms with Crippen molar-refractivity contribution in [2.75, 3.05) is 13.7 Å². The van der Waals surface area contributed by atoms with Gasteiger partial charge in [0, 0.05) is 24.1 Å². The molecule has 1 aliphatic carbocycles. The summed E-state index contributed by atoms with van der Waals surface area (Å²) < 4.78 is 40.4. The Morgan fingerprint density at radius 1 is 1.09 bits per heavy atom. The summed E-state index contributed by atoms with van der Waals surface area (Å²) in [5, 5.41) is 10.8. The molecule has 0 fully saturated rings. The van der Waals surface area contributed by atoms with Crippen molar-refractivity contribution in [3.63, 3.8) is 0 Å². The summed E-state index contributed by atoms with van der Waals surface area (Å²) in [5.41, 5.74) is 2.80. The lowest BCUT2D eigenvalue weighted by molar-refractivity contribution is -0.438. The Morgan fingerprint density at radius 2 is 1.77 bits per heavy atom. The molecule has 7 nitrogen and oxygen atoms in total. The van der Waals surface area contributed by atoms with Gasteiger partial charge in [0.25, 0.3) is 10.1 Å². The molecule has 1 heterocycles. The minimum atomic E-state index is -4.36. The van der Waals surface area contributed by atoms with Crippen molar-refractivity contribution >= 4 is 32.9 Å². The van der Waals surface area contributed by atoms with E-state index in [1.54, 1.807) is 43.5 Å². The average Bonchev–Trinajstić information content (AvgIpc) is 3.03. The quantitative estimate of drug-likeness (QED) is 0.231. The van der Waals surface area contributed by atoms with E-state index < -0.39 is 15.5 Å². The molecule has 0 atom stereocenters. The molecule has 0 saturated carbocycles. The van der Waals surface area contributed by atoms with E-state index in [1.165, 1.54) is 12.1 Å². The van der Waals surface area contributed by atoms with Crippen LogP contribution in [0.4, 0.5) is 5.69 Å². The monoisotopic (exact) mass is 496 g/mol. The van der Waals surface area contributed by atoms with E-state index in [-0.39, 0.29) is 27.6 Å². The maximum Gasteiger partial charge on any atom is 0.294 e. The van der Waals surface area contributed by atoms with Gasteiger partial charge in [0.2, 0.25) is 11.5 Å². The number of aliphatic hydroxyl groups is 1. The molecular weight excluding hydrogens is 466 g/mol. The van der Waals surface area contributed by atoms with Crippen LogP contribution in [0.2, 0.25) is 0 Å². The summed E-state index contributed by atoms with van der Waals surface area (Å²) in [4.78, 5) is 12.9. The largest absolute Gasteiger partial charge is 0.506 e. The SMILES string of the molecule is CCCCC[N+]1=C(/C=C2/C(=O)C(c3ccc(OC)cc3)=C2O)C(C)(C)c2cc(S(=O)(=O)O)ccc21. The van der Waals surface area contributed by atoms with Gasteiger partial charge in [-0.15, -0.1) is 0 Å². The number of benzene rings is 2. The number of ketones is 1. The van der Waals surface area contributed by atoms with Crippen molar-refractivity contribution in [3.05, 3.63) is 71.0 Å². The summed E-state index contributed by atoms with van der Waals surface area (Å²) in [7, 11) is -2.80. The number of hydrogen-bond acceptors (Lipinski definition) is 5. The highest BCUT2D eigenvalue weighted by atomic mass is 32.2. The smallest absolute Gasteiger partial charge is 0.294 e. The zero-order chi connectivity index (χ0) is 25.5. The topological polar surface area (TPSA) is 104 Å². The van der Waals surface area contributed by atoms with Crippen LogP contribution in [-0.4, -0.2) is 47.8 Å². The van der Waals surface area contributed by atoms with E-state index in [4.69, 9.17) is 4.74 Å². The molecule has 2 aliphatic rings. The Kier molecular flexibility index (Phi) is 6.46. The average molecular weight is 497 g/mol. The fourth-order valence-electron chi connectivity index (χ4n) is 4.75. The van der Waals surface area contributed by atoms with Gasteiger partial charge in [-0.25, -0.2) is 0 Å². The highest BCUT2D eigenvalue weighted by molar-refractivity contribution is 7.85. The maximum absolute atomic E-state index is 13.1. The molecule has 0 spiro atoms. The number of allylic oxidation sites excluding steroid dienone is 3. The second-order valence-corrected chi connectivity index (χ2v) is 10.8. The van der Waals surface area contributed by atoms with Crippen LogP contribution in [0.25, 0.3) is 5.57 Å². The number of Topliss-reactive ketones (excluding diaryl/α,β-unsaturated/α-hetero) is 1. The van der Waals surface area contributed by atoms with Crippen molar-refractivity contribution in [3.8, 4) is 5.75 Å². The van der Waals surface area contributed by atoms with Gasteiger partial charge < -0.3 is 9.84 Å². The van der Waals surface area contributed by atoms with E-state index in [0.717, 1.165) is 36.2 Å². The first-order valence-electron chi connectivity index (χ1n) is 11.6. The Hall–Kier alpha value is -3.23. The first kappa shape index (κ1) is 24.9. The predicted molar refractivity (Wildman–Crippen MR) is 134 cm³/mol. The Balaban J connectivity index is 1.80. The molecule has 8 heteroatoms. The van der Waals surface area contributed by atoms with Crippen LogP contribution in [0.5, 0.6) is 5.75 Å². The van der Waals surface area contributed by atoms with Crippen LogP contribution in [0.15, 0.2) is 64.8 Å². The first-order chi connectivity index (χ1) is 16.5. The number of fused-ring (bicyclic) bond motifs is 1. The van der Waals surface area contributed by atoms with Crippen molar-refractivity contribution in [1.29, 1.82) is 0 Å². The van der Waals surface area contributed by atoms with Crippen LogP contribution >= 0.6 is 0 Å². The number of hydrogen-bond donors (Lipinski definition) is 2. The zero-order valence-electron chi connectivity index (χ0n) is 20.3. The van der Waals surface area contributed by atoms with Gasteiger partial charge in [0.05, 0.1) is 28.6 Å². The standard InChI is InChI=1S/C27H29NO6S/c1-5-6-7-14-28-22-13-12-19(35(31,32)33)15-21(22)27(2,3)23(28)16-20-25(29)24(26(20)30)17-8-10-18(34-4)11-9-17/h8-13,15-16H,5-7,14H2,1-4H3,(H-,29,30,31,32,33)/p+1. The Bertz CT molecular complexity index is 1400. The summed E-state index contributed by atoms with van der Waals surface area (Å²) in [6, 6.07) is 11.5. The molecule has 4 rings (SSSR count). The molecule has 0 bridgehead atoms. The fraction of sp³-hybridized carbons (Fsp3) is 0.333. The second-order valence-electron chi connectivity index (χ2n) is 9.36. The molecule has 0 unspecified atom stereocenters. The van der Waals surface area contributed by atoms with E-state index in [0.29, 0.717) is 17.9 Å². The third kappa shape index (κ3) is 4.32. The normalized spacial score (nSPS) is 18.2. The molecule has 184 valence electrons. The summed E-state index contributed by atoms with van der Waals surface area (Å²) in [6.45, 7) is 6.68. The predicted octanol–water partition coefficient (Wildman–Crippen LogP) is 4.99. The first-order valence-corrected chi connectivity index (χ1v) is 13.1. The molecule has 1 aliphatic heterocycles. The number of unbranched alkanes of at least 4 members (excludes halogenated alkanes) is 2. The van der Waals surface area contributed by atoms with Crippen LogP contribution in [0, 0.1) is 0 Å². The van der Waals surface area contributed by atoms with Gasteiger partial charge in [-0.05, 0) is 50.1 Å². The minimum absolute atomic E-state index is 0.0634. The number of methoxy groups -OCH3 is 1. The lowest BCUT2D eigenvalue weighted by atomic mass is 9.77. The highest BCUT2D eigenvalue weighted by Gasteiger charge is 2.47. The van der Waals surface area contributed by atoms with Crippen molar-refractivity contribution < 1.29 is 32.2 Å². The summed E-state index contributed by atoms with van der Waals surface area (Å²) in [6.07, 6.45) is 4.68. The van der Waals surface area contributed by atoms with Crippen LogP contribution < -0.4 is 4.74 Å². The lowest BCUT2D eigenvalue weighted by Crippen LogP contribution is -2.31. The second kappa shape index (κ2) is 9.09. The summed E-state index contributed by atoms with van der Waals surface area (Å²) >= 11 is 0. The van der Waals surface area contributed by atoms with E-state index in [1.807, 2.05) is 13.8 Å². The molecule has 2 aromatic rings. The molecule has 0 aromatic heterocycles. The number of ether oxygens (including phenoxy) is 1. The number of aliphatic hydroxyl groups excluding tert-OH is 1. The highest BCUT2D eigenvalue weighted by Crippen LogP contribution is 2.43. The number of carbonyl (C=O) groups excluding carboxylic acids is 1. The molecule has 0 amide bonds. The van der Waals surface area contributed by atoms with Gasteiger partial charge in [-0.2, -0.15) is 13.0 Å². The molecule has 2 aromatic carbocycles. The summed E-state index contributed by atoms with van der Waals surface area (Å²) in [5.74, 6) is 0.343. The minimum Gasteiger partial charge on any atom is -0.506 e. The van der Waals surface area contributed by atoms with Gasteiger partial charge in [0.15, 0.2) is 5.71 Å². The van der Waals surface area contributed by atoms with Gasteiger partial charge in [-0.3, -0.25) is 9.35 Å². The molecule has 0 radical (unpaired) electrons. The molecular formula is C27H30NO6S+. The molecule has 2 N–H and O–H groups in total. The Labute approximate surface area is 205 Å². The van der Waals surface area contributed by atoms with Crippen LogP contribution in [0.1, 0.15) is 51.2 Å². The van der Waals surface area contributed by atoms with E-state index in [9.17, 15) is 22.9 Å². The van der Waals surface area contributed by atoms with E-state index >= 15 is 0 Å². The van der Waals surface area contributed by atoms with Crippen molar-refractivity contribution in [2.24, 2.45) is 0 Å². The number of nitrogens with zero attached hydrogens (tertiary/aromatic N) is 1. The lowest BCUT2D eigenvalue weighted by Gasteiger charge is -2.23. The maximum atomic E-state index is 13.1. The van der Waals surface area contributed by atoms with E-state index in [2.05, 4.69) is 11.5 Å². The number of carbonyl (C=O) groups is 1. The third-order valence-corrected chi connectivity index (χ3v) is 7.62. The van der Waals surface area contributed by atoms with Gasteiger partial charge >= 0.3 is 0 Å². The van der Waals surface area contributed by atoms with Gasteiger partial charge in [0.1, 0.15) is 18.1 Å². The molecule has 35 heavy (non-hydrogen) atoms. The molecule has 0 saturated heterocycles. The van der Waals surface area contributed by atoms with Crippen LogP contribution in [0.3, 0.4) is 0 Å². The van der Waals surface area contributed by atoms with Crippen LogP contribution in [-0.2, 0) is 20.3 Å². The third-order valence-electron chi connectivity index (χ3n) is 6.77. The Morgan fingerprint density at radius 3 is 2.34 bits per heavy atom. The van der Waals surface area contributed by atoms with Crippen molar-refractivity contribution in [2.45, 2.75) is 50.3 Å². The fourth-order valence-corrected chi connectivity index (χ4v) is 5.26.